The van der Waals surface area contributed by atoms with Crippen LogP contribution in [0.25, 0.3) is 0 Å². The van der Waals surface area contributed by atoms with Crippen LogP contribution in [0.4, 0.5) is 0 Å². The van der Waals surface area contributed by atoms with Gasteiger partial charge in [-0.25, -0.2) is 0 Å². The molecule has 1 aliphatic rings. The summed E-state index contributed by atoms with van der Waals surface area (Å²) in [5.74, 6) is 0. The monoisotopic (exact) mass is 268 g/mol. The van der Waals surface area contributed by atoms with Gasteiger partial charge in [-0.3, -0.25) is 4.98 Å². The fraction of sp³-hybridized carbons (Fsp3) is 0.353. The lowest BCUT2D eigenvalue weighted by atomic mass is 9.74. The Labute approximate surface area is 119 Å². The minimum absolute atomic E-state index is 0.381. The standard InChI is InChI=1S/C17H20N2O/c1-12-6-7-14(10-19-12)16(20)17(11-18)9-8-13-4-2-3-5-15(13)17/h2-7,10,16,20H,8-9,11,18H2,1H3. The molecular formula is C17H20N2O. The average molecular weight is 268 g/mol. The summed E-state index contributed by atoms with van der Waals surface area (Å²) in [6, 6.07) is 12.2. The van der Waals surface area contributed by atoms with Crippen molar-refractivity contribution in [2.75, 3.05) is 6.54 Å². The highest BCUT2D eigenvalue weighted by Gasteiger charge is 2.44. The summed E-state index contributed by atoms with van der Waals surface area (Å²) in [4.78, 5) is 4.29. The summed E-state index contributed by atoms with van der Waals surface area (Å²) >= 11 is 0. The minimum Gasteiger partial charge on any atom is -0.387 e. The van der Waals surface area contributed by atoms with Crippen LogP contribution in [0.5, 0.6) is 0 Å². The molecule has 104 valence electrons. The van der Waals surface area contributed by atoms with Gasteiger partial charge in [-0.1, -0.05) is 30.3 Å². The first-order chi connectivity index (χ1) is 9.67. The van der Waals surface area contributed by atoms with Crippen LogP contribution in [0.3, 0.4) is 0 Å². The molecule has 1 aromatic heterocycles. The predicted molar refractivity (Wildman–Crippen MR) is 79.4 cm³/mol. The quantitative estimate of drug-likeness (QED) is 0.897. The average Bonchev–Trinajstić information content (AvgIpc) is 2.87. The maximum Gasteiger partial charge on any atom is 0.0913 e. The van der Waals surface area contributed by atoms with E-state index >= 15 is 0 Å². The van der Waals surface area contributed by atoms with E-state index < -0.39 is 6.10 Å². The molecule has 0 radical (unpaired) electrons. The molecule has 2 atom stereocenters. The van der Waals surface area contributed by atoms with Crippen LogP contribution in [0.2, 0.25) is 0 Å². The number of aryl methyl sites for hydroxylation is 2. The van der Waals surface area contributed by atoms with Crippen molar-refractivity contribution in [3.05, 3.63) is 65.0 Å². The van der Waals surface area contributed by atoms with E-state index in [9.17, 15) is 5.11 Å². The number of aromatic nitrogens is 1. The second kappa shape index (κ2) is 5.00. The van der Waals surface area contributed by atoms with Crippen molar-refractivity contribution in [2.45, 2.75) is 31.3 Å². The van der Waals surface area contributed by atoms with Gasteiger partial charge in [0.1, 0.15) is 0 Å². The smallest absolute Gasteiger partial charge is 0.0913 e. The molecule has 20 heavy (non-hydrogen) atoms. The largest absolute Gasteiger partial charge is 0.387 e. The van der Waals surface area contributed by atoms with Crippen LogP contribution in [-0.4, -0.2) is 16.6 Å². The van der Waals surface area contributed by atoms with E-state index in [1.807, 2.05) is 31.2 Å². The Hall–Kier alpha value is -1.71. The number of aliphatic hydroxyl groups is 1. The fourth-order valence-electron chi connectivity index (χ4n) is 3.28. The van der Waals surface area contributed by atoms with E-state index in [2.05, 4.69) is 17.1 Å². The Morgan fingerprint density at radius 1 is 1.30 bits per heavy atom. The number of nitrogens with two attached hydrogens (primary N) is 1. The van der Waals surface area contributed by atoms with Crippen LogP contribution in [-0.2, 0) is 11.8 Å². The number of fused-ring (bicyclic) bond motifs is 1. The molecule has 0 amide bonds. The minimum atomic E-state index is -0.607. The molecular weight excluding hydrogens is 248 g/mol. The van der Waals surface area contributed by atoms with Crippen LogP contribution < -0.4 is 5.73 Å². The molecule has 0 saturated heterocycles. The van der Waals surface area contributed by atoms with Crippen LogP contribution in [0.15, 0.2) is 42.6 Å². The second-order valence-corrected chi connectivity index (χ2v) is 5.65. The zero-order valence-corrected chi connectivity index (χ0v) is 11.7. The van der Waals surface area contributed by atoms with Crippen molar-refractivity contribution in [3.63, 3.8) is 0 Å². The fourth-order valence-corrected chi connectivity index (χ4v) is 3.28. The highest BCUT2D eigenvalue weighted by Crippen LogP contribution is 2.46. The molecule has 1 aromatic carbocycles. The lowest BCUT2D eigenvalue weighted by Crippen LogP contribution is -2.39. The first kappa shape index (κ1) is 13.3. The maximum absolute atomic E-state index is 10.9. The predicted octanol–water partition coefficient (Wildman–Crippen LogP) is 2.27. The number of benzene rings is 1. The number of aliphatic hydroxyl groups excluding tert-OH is 1. The van der Waals surface area contributed by atoms with Crippen molar-refractivity contribution in [1.29, 1.82) is 0 Å². The first-order valence-corrected chi connectivity index (χ1v) is 7.06. The summed E-state index contributed by atoms with van der Waals surface area (Å²) < 4.78 is 0. The zero-order valence-electron chi connectivity index (χ0n) is 11.7. The molecule has 0 spiro atoms. The maximum atomic E-state index is 10.9. The molecule has 3 heteroatoms. The molecule has 0 saturated carbocycles. The normalized spacial score (nSPS) is 22.6. The molecule has 0 fully saturated rings. The number of pyridine rings is 1. The lowest BCUT2D eigenvalue weighted by Gasteiger charge is -2.34. The van der Waals surface area contributed by atoms with Gasteiger partial charge in [-0.15, -0.1) is 0 Å². The Bertz CT molecular complexity index is 609. The SMILES string of the molecule is Cc1ccc(C(O)C2(CN)CCc3ccccc32)cn1. The molecule has 3 nitrogen and oxygen atoms in total. The van der Waals surface area contributed by atoms with E-state index in [1.54, 1.807) is 6.20 Å². The van der Waals surface area contributed by atoms with Crippen LogP contribution >= 0.6 is 0 Å². The lowest BCUT2D eigenvalue weighted by molar-refractivity contribution is 0.0837. The van der Waals surface area contributed by atoms with E-state index in [0.717, 1.165) is 24.1 Å². The summed E-state index contributed by atoms with van der Waals surface area (Å²) in [5.41, 5.74) is 9.98. The van der Waals surface area contributed by atoms with Gasteiger partial charge < -0.3 is 10.8 Å². The number of rotatable bonds is 3. The van der Waals surface area contributed by atoms with Gasteiger partial charge in [0.2, 0.25) is 0 Å². The van der Waals surface area contributed by atoms with Crippen molar-refractivity contribution in [3.8, 4) is 0 Å². The van der Waals surface area contributed by atoms with Crippen molar-refractivity contribution in [1.82, 2.24) is 4.98 Å². The van der Waals surface area contributed by atoms with Crippen molar-refractivity contribution < 1.29 is 5.11 Å². The molecule has 0 bridgehead atoms. The van der Waals surface area contributed by atoms with Crippen molar-refractivity contribution >= 4 is 0 Å². The van der Waals surface area contributed by atoms with Gasteiger partial charge in [0.25, 0.3) is 0 Å². The summed E-state index contributed by atoms with van der Waals surface area (Å²) in [6.07, 6.45) is 3.02. The highest BCUT2D eigenvalue weighted by atomic mass is 16.3. The van der Waals surface area contributed by atoms with Crippen LogP contribution in [0.1, 0.15) is 34.9 Å². The third kappa shape index (κ3) is 1.94. The Balaban J connectivity index is 2.04. The first-order valence-electron chi connectivity index (χ1n) is 7.06. The van der Waals surface area contributed by atoms with E-state index in [4.69, 9.17) is 5.73 Å². The van der Waals surface area contributed by atoms with Crippen molar-refractivity contribution in [2.24, 2.45) is 5.73 Å². The van der Waals surface area contributed by atoms with Gasteiger partial charge in [-0.05, 0) is 42.5 Å². The van der Waals surface area contributed by atoms with E-state index in [-0.39, 0.29) is 5.41 Å². The van der Waals surface area contributed by atoms with Crippen LogP contribution in [0, 0.1) is 6.92 Å². The zero-order chi connectivity index (χ0) is 14.2. The number of hydrogen-bond acceptors (Lipinski definition) is 3. The Morgan fingerprint density at radius 2 is 2.10 bits per heavy atom. The molecule has 3 N–H and O–H groups in total. The molecule has 1 aliphatic carbocycles. The summed E-state index contributed by atoms with van der Waals surface area (Å²) in [5, 5.41) is 10.9. The van der Waals surface area contributed by atoms with Gasteiger partial charge in [0, 0.05) is 23.9 Å². The van der Waals surface area contributed by atoms with Gasteiger partial charge in [-0.2, -0.15) is 0 Å². The Kier molecular flexibility index (Phi) is 3.32. The molecule has 3 rings (SSSR count). The van der Waals surface area contributed by atoms with Gasteiger partial charge in [0.15, 0.2) is 0 Å². The number of nitrogens with zero attached hydrogens (tertiary/aromatic N) is 1. The highest BCUT2D eigenvalue weighted by molar-refractivity contribution is 5.42. The van der Waals surface area contributed by atoms with Gasteiger partial charge >= 0.3 is 0 Å². The van der Waals surface area contributed by atoms with Gasteiger partial charge in [0.05, 0.1) is 6.10 Å². The molecule has 0 aliphatic heterocycles. The molecule has 2 unspecified atom stereocenters. The van der Waals surface area contributed by atoms with E-state index in [0.29, 0.717) is 6.54 Å². The molecule has 2 aromatic rings. The third-order valence-corrected chi connectivity index (χ3v) is 4.53. The number of hydrogen-bond donors (Lipinski definition) is 2. The Morgan fingerprint density at radius 3 is 2.80 bits per heavy atom. The topological polar surface area (TPSA) is 59.1 Å². The molecule has 1 heterocycles. The summed E-state index contributed by atoms with van der Waals surface area (Å²) in [6.45, 7) is 2.39. The summed E-state index contributed by atoms with van der Waals surface area (Å²) in [7, 11) is 0. The third-order valence-electron chi connectivity index (χ3n) is 4.53. The second-order valence-electron chi connectivity index (χ2n) is 5.65. The van der Waals surface area contributed by atoms with E-state index in [1.165, 1.54) is 11.1 Å².